The minimum atomic E-state index is -0.685. The van der Waals surface area contributed by atoms with E-state index < -0.39 is 16.6 Å². The summed E-state index contributed by atoms with van der Waals surface area (Å²) < 4.78 is 13.3. The molecule has 1 aromatic carbocycles. The van der Waals surface area contributed by atoms with Crippen LogP contribution < -0.4 is 11.1 Å². The number of aryl methyl sites for hydroxylation is 1. The first kappa shape index (κ1) is 18.3. The van der Waals surface area contributed by atoms with Crippen molar-refractivity contribution in [2.45, 2.75) is 26.3 Å². The maximum atomic E-state index is 13.3. The Morgan fingerprint density at radius 3 is 2.65 bits per heavy atom. The van der Waals surface area contributed by atoms with Gasteiger partial charge in [-0.05, 0) is 32.4 Å². The van der Waals surface area contributed by atoms with Crippen LogP contribution in [0.2, 0.25) is 0 Å². The standard InChI is InChI=1S/C12H16FN3O3.ClH/c1-7-5-9(13)6-10(11(7)16(18)19)12(17)15-4-3-8(2)14;/h5-6,8H,3-4,14H2,1-2H3,(H,15,17);1H. The van der Waals surface area contributed by atoms with Crippen molar-refractivity contribution in [2.24, 2.45) is 5.73 Å². The molecule has 1 aromatic rings. The highest BCUT2D eigenvalue weighted by Gasteiger charge is 2.23. The summed E-state index contributed by atoms with van der Waals surface area (Å²) in [6.07, 6.45) is 0.536. The third kappa shape index (κ3) is 4.75. The monoisotopic (exact) mass is 305 g/mol. The van der Waals surface area contributed by atoms with Gasteiger partial charge < -0.3 is 11.1 Å². The average Bonchev–Trinajstić information content (AvgIpc) is 2.26. The lowest BCUT2D eigenvalue weighted by Crippen LogP contribution is -2.29. The number of nitro benzene ring substituents is 1. The Hall–Kier alpha value is -1.73. The number of rotatable bonds is 5. The number of nitrogens with zero attached hydrogens (tertiary/aromatic N) is 1. The van der Waals surface area contributed by atoms with E-state index in [-0.39, 0.29) is 41.8 Å². The van der Waals surface area contributed by atoms with Gasteiger partial charge >= 0.3 is 0 Å². The molecule has 0 aromatic heterocycles. The molecule has 8 heteroatoms. The Bertz CT molecular complexity index is 509. The molecule has 0 aliphatic rings. The van der Waals surface area contributed by atoms with Crippen LogP contribution in [0.4, 0.5) is 10.1 Å². The van der Waals surface area contributed by atoms with Crippen molar-refractivity contribution in [1.29, 1.82) is 0 Å². The molecule has 0 fully saturated rings. The summed E-state index contributed by atoms with van der Waals surface area (Å²) >= 11 is 0. The fraction of sp³-hybridized carbons (Fsp3) is 0.417. The van der Waals surface area contributed by atoms with Gasteiger partial charge in [0.1, 0.15) is 11.4 Å². The second-order valence-corrected chi connectivity index (χ2v) is 4.40. The Balaban J connectivity index is 0.00000361. The van der Waals surface area contributed by atoms with Crippen molar-refractivity contribution in [2.75, 3.05) is 6.54 Å². The molecule has 6 nitrogen and oxygen atoms in total. The molecule has 0 heterocycles. The van der Waals surface area contributed by atoms with E-state index in [1.807, 2.05) is 0 Å². The number of benzene rings is 1. The van der Waals surface area contributed by atoms with Gasteiger partial charge in [-0.1, -0.05) is 0 Å². The first-order chi connectivity index (χ1) is 8.82. The second kappa shape index (κ2) is 7.76. The van der Waals surface area contributed by atoms with E-state index in [1.165, 1.54) is 6.92 Å². The van der Waals surface area contributed by atoms with E-state index in [2.05, 4.69) is 5.32 Å². The molecule has 1 atom stereocenters. The highest BCUT2D eigenvalue weighted by Crippen LogP contribution is 2.24. The van der Waals surface area contributed by atoms with E-state index in [4.69, 9.17) is 5.73 Å². The molecule has 112 valence electrons. The third-order valence-electron chi connectivity index (χ3n) is 2.58. The molecule has 1 amide bonds. The topological polar surface area (TPSA) is 98.3 Å². The molecule has 0 saturated heterocycles. The Kier molecular flexibility index (Phi) is 7.09. The molecule has 1 unspecified atom stereocenters. The fourth-order valence-electron chi connectivity index (χ4n) is 1.66. The zero-order valence-corrected chi connectivity index (χ0v) is 12.0. The molecule has 20 heavy (non-hydrogen) atoms. The molecule has 0 aliphatic heterocycles. The summed E-state index contributed by atoms with van der Waals surface area (Å²) in [6.45, 7) is 3.45. The van der Waals surface area contributed by atoms with Crippen LogP contribution in [0.5, 0.6) is 0 Å². The number of carbonyl (C=O) groups excluding carboxylic acids is 1. The van der Waals surface area contributed by atoms with Gasteiger partial charge in [-0.25, -0.2) is 4.39 Å². The molecule has 0 spiro atoms. The SMILES string of the molecule is Cc1cc(F)cc(C(=O)NCCC(C)N)c1[N+](=O)[O-].Cl. The summed E-state index contributed by atoms with van der Waals surface area (Å²) in [6, 6.07) is 1.80. The van der Waals surface area contributed by atoms with Crippen molar-refractivity contribution >= 4 is 24.0 Å². The summed E-state index contributed by atoms with van der Waals surface area (Å²) in [7, 11) is 0. The lowest BCUT2D eigenvalue weighted by Gasteiger charge is -2.09. The quantitative estimate of drug-likeness (QED) is 0.641. The first-order valence-corrected chi connectivity index (χ1v) is 5.81. The van der Waals surface area contributed by atoms with Crippen molar-refractivity contribution in [3.05, 3.63) is 39.2 Å². The summed E-state index contributed by atoms with van der Waals surface area (Å²) in [5.41, 5.74) is 4.99. The smallest absolute Gasteiger partial charge is 0.285 e. The normalized spacial score (nSPS) is 11.4. The van der Waals surface area contributed by atoms with Crippen LogP contribution in [0.3, 0.4) is 0 Å². The minimum absolute atomic E-state index is 0. The maximum absolute atomic E-state index is 13.3. The molecular formula is C12H17ClFN3O3. The lowest BCUT2D eigenvalue weighted by molar-refractivity contribution is -0.385. The van der Waals surface area contributed by atoms with Crippen LogP contribution in [0.25, 0.3) is 0 Å². The van der Waals surface area contributed by atoms with Gasteiger partial charge in [0.05, 0.1) is 4.92 Å². The Labute approximate surface area is 122 Å². The van der Waals surface area contributed by atoms with E-state index in [9.17, 15) is 19.3 Å². The molecule has 0 aliphatic carbocycles. The molecular weight excluding hydrogens is 289 g/mol. The molecule has 3 N–H and O–H groups in total. The number of hydrogen-bond donors (Lipinski definition) is 2. The van der Waals surface area contributed by atoms with E-state index in [0.717, 1.165) is 12.1 Å². The summed E-state index contributed by atoms with van der Waals surface area (Å²) in [5.74, 6) is -1.35. The van der Waals surface area contributed by atoms with Gasteiger partial charge in [0.2, 0.25) is 0 Å². The van der Waals surface area contributed by atoms with E-state index in [1.54, 1.807) is 6.92 Å². The van der Waals surface area contributed by atoms with E-state index >= 15 is 0 Å². The first-order valence-electron chi connectivity index (χ1n) is 5.81. The van der Waals surface area contributed by atoms with Gasteiger partial charge in [-0.15, -0.1) is 12.4 Å². The Morgan fingerprint density at radius 2 is 2.15 bits per heavy atom. The van der Waals surface area contributed by atoms with E-state index in [0.29, 0.717) is 6.42 Å². The third-order valence-corrected chi connectivity index (χ3v) is 2.58. The lowest BCUT2D eigenvalue weighted by atomic mass is 10.1. The van der Waals surface area contributed by atoms with Crippen molar-refractivity contribution in [1.82, 2.24) is 5.32 Å². The number of nitrogens with one attached hydrogen (secondary N) is 1. The molecule has 0 saturated carbocycles. The predicted molar refractivity (Wildman–Crippen MR) is 75.6 cm³/mol. The van der Waals surface area contributed by atoms with Crippen LogP contribution >= 0.6 is 12.4 Å². The molecule has 0 radical (unpaired) electrons. The van der Waals surface area contributed by atoms with Gasteiger partial charge in [0.25, 0.3) is 11.6 Å². The number of halogens is 2. The second-order valence-electron chi connectivity index (χ2n) is 4.40. The number of nitro groups is 1. The zero-order valence-electron chi connectivity index (χ0n) is 11.2. The maximum Gasteiger partial charge on any atom is 0.285 e. The number of carbonyl (C=O) groups is 1. The van der Waals surface area contributed by atoms with Crippen molar-refractivity contribution in [3.8, 4) is 0 Å². The van der Waals surface area contributed by atoms with Crippen LogP contribution in [0, 0.1) is 22.9 Å². The van der Waals surface area contributed by atoms with Gasteiger partial charge in [0, 0.05) is 18.2 Å². The molecule has 0 bridgehead atoms. The predicted octanol–water partition coefficient (Wildman–Crippen LogP) is 1.93. The largest absolute Gasteiger partial charge is 0.352 e. The van der Waals surface area contributed by atoms with Crippen LogP contribution in [-0.2, 0) is 0 Å². The van der Waals surface area contributed by atoms with Gasteiger partial charge in [0.15, 0.2) is 0 Å². The van der Waals surface area contributed by atoms with Crippen molar-refractivity contribution in [3.63, 3.8) is 0 Å². The van der Waals surface area contributed by atoms with Crippen molar-refractivity contribution < 1.29 is 14.1 Å². The van der Waals surface area contributed by atoms with Crippen LogP contribution in [-0.4, -0.2) is 23.4 Å². The van der Waals surface area contributed by atoms with Gasteiger partial charge in [-0.2, -0.15) is 0 Å². The summed E-state index contributed by atoms with van der Waals surface area (Å²) in [5, 5.41) is 13.4. The highest BCUT2D eigenvalue weighted by atomic mass is 35.5. The Morgan fingerprint density at radius 1 is 1.55 bits per heavy atom. The molecule has 1 rings (SSSR count). The number of amides is 1. The van der Waals surface area contributed by atoms with Crippen LogP contribution in [0.1, 0.15) is 29.3 Å². The van der Waals surface area contributed by atoms with Crippen LogP contribution in [0.15, 0.2) is 12.1 Å². The number of hydrogen-bond acceptors (Lipinski definition) is 4. The fourth-order valence-corrected chi connectivity index (χ4v) is 1.66. The highest BCUT2D eigenvalue weighted by molar-refractivity contribution is 5.98. The average molecular weight is 306 g/mol. The number of nitrogens with two attached hydrogens (primary N) is 1. The zero-order chi connectivity index (χ0) is 14.6. The minimum Gasteiger partial charge on any atom is -0.352 e. The van der Waals surface area contributed by atoms with Gasteiger partial charge in [-0.3, -0.25) is 14.9 Å². The summed E-state index contributed by atoms with van der Waals surface area (Å²) in [4.78, 5) is 22.1.